The van der Waals surface area contributed by atoms with E-state index in [1.54, 1.807) is 0 Å². The molecule has 0 amide bonds. The Balaban J connectivity index is 2.36. The molecule has 2 rings (SSSR count). The smallest absolute Gasteiger partial charge is 0.227 e. The Morgan fingerprint density at radius 3 is 2.71 bits per heavy atom. The molecule has 1 aromatic carbocycles. The summed E-state index contributed by atoms with van der Waals surface area (Å²) in [6.07, 6.45) is 3.30. The van der Waals surface area contributed by atoms with Crippen LogP contribution in [0.4, 0.5) is 5.82 Å². The lowest BCUT2D eigenvalue weighted by Crippen LogP contribution is -2.06. The van der Waals surface area contributed by atoms with Crippen LogP contribution in [-0.2, 0) is 13.0 Å². The Morgan fingerprint density at radius 2 is 2.00 bits per heavy atom. The SMILES string of the molecule is CCCc1c(NCC)ncnc1Oc1ccccc1CO. The first-order chi connectivity index (χ1) is 10.3. The van der Waals surface area contributed by atoms with Gasteiger partial charge in [-0.05, 0) is 19.4 Å². The molecular weight excluding hydrogens is 266 g/mol. The Morgan fingerprint density at radius 1 is 1.19 bits per heavy atom. The van der Waals surface area contributed by atoms with E-state index in [0.717, 1.165) is 36.3 Å². The minimum atomic E-state index is -0.0650. The Hall–Kier alpha value is -2.14. The lowest BCUT2D eigenvalue weighted by molar-refractivity contribution is 0.276. The average molecular weight is 287 g/mol. The molecule has 0 unspecified atom stereocenters. The van der Waals surface area contributed by atoms with Crippen molar-refractivity contribution in [2.45, 2.75) is 33.3 Å². The molecule has 1 aromatic heterocycles. The minimum Gasteiger partial charge on any atom is -0.438 e. The van der Waals surface area contributed by atoms with Gasteiger partial charge < -0.3 is 15.2 Å². The van der Waals surface area contributed by atoms with Crippen molar-refractivity contribution in [3.63, 3.8) is 0 Å². The number of benzene rings is 1. The molecule has 0 fully saturated rings. The predicted molar refractivity (Wildman–Crippen MR) is 82.6 cm³/mol. The van der Waals surface area contributed by atoms with Gasteiger partial charge in [-0.1, -0.05) is 31.5 Å². The van der Waals surface area contributed by atoms with Crippen molar-refractivity contribution in [1.29, 1.82) is 0 Å². The molecule has 5 nitrogen and oxygen atoms in total. The Labute approximate surface area is 125 Å². The van der Waals surface area contributed by atoms with Crippen LogP contribution in [0, 0.1) is 0 Å². The summed E-state index contributed by atoms with van der Waals surface area (Å²) in [6.45, 7) is 4.86. The molecule has 0 spiro atoms. The van der Waals surface area contributed by atoms with Gasteiger partial charge in [-0.25, -0.2) is 9.97 Å². The molecule has 0 saturated carbocycles. The summed E-state index contributed by atoms with van der Waals surface area (Å²) in [4.78, 5) is 8.54. The molecule has 0 aliphatic carbocycles. The van der Waals surface area contributed by atoms with Crippen molar-refractivity contribution in [1.82, 2.24) is 9.97 Å². The zero-order valence-electron chi connectivity index (χ0n) is 12.5. The molecule has 21 heavy (non-hydrogen) atoms. The van der Waals surface area contributed by atoms with Gasteiger partial charge in [-0.15, -0.1) is 0 Å². The Bertz CT molecular complexity index is 587. The number of nitrogens with zero attached hydrogens (tertiary/aromatic N) is 2. The molecule has 0 bridgehead atoms. The number of ether oxygens (including phenoxy) is 1. The van der Waals surface area contributed by atoms with Gasteiger partial charge in [-0.2, -0.15) is 0 Å². The summed E-state index contributed by atoms with van der Waals surface area (Å²) < 4.78 is 5.92. The van der Waals surface area contributed by atoms with E-state index >= 15 is 0 Å². The quantitative estimate of drug-likeness (QED) is 0.819. The summed E-state index contributed by atoms with van der Waals surface area (Å²) in [5.74, 6) is 1.98. The number of nitrogens with one attached hydrogen (secondary N) is 1. The van der Waals surface area contributed by atoms with Gasteiger partial charge in [0.05, 0.1) is 12.2 Å². The number of aliphatic hydroxyl groups is 1. The summed E-state index contributed by atoms with van der Waals surface area (Å²) in [6, 6.07) is 7.41. The van der Waals surface area contributed by atoms with E-state index < -0.39 is 0 Å². The van der Waals surface area contributed by atoms with E-state index in [1.165, 1.54) is 6.33 Å². The van der Waals surface area contributed by atoms with Crippen LogP contribution >= 0.6 is 0 Å². The van der Waals surface area contributed by atoms with Gasteiger partial charge in [0.2, 0.25) is 5.88 Å². The first-order valence-corrected chi connectivity index (χ1v) is 7.24. The normalized spacial score (nSPS) is 10.4. The van der Waals surface area contributed by atoms with E-state index in [2.05, 4.69) is 22.2 Å². The third kappa shape index (κ3) is 3.70. The third-order valence-electron chi connectivity index (χ3n) is 3.10. The summed E-state index contributed by atoms with van der Waals surface area (Å²) >= 11 is 0. The van der Waals surface area contributed by atoms with Gasteiger partial charge in [0.1, 0.15) is 17.9 Å². The minimum absolute atomic E-state index is 0.0650. The van der Waals surface area contributed by atoms with Crippen LogP contribution in [0.1, 0.15) is 31.4 Å². The maximum atomic E-state index is 9.38. The van der Waals surface area contributed by atoms with Crippen molar-refractivity contribution in [3.8, 4) is 11.6 Å². The number of aliphatic hydroxyl groups excluding tert-OH is 1. The van der Waals surface area contributed by atoms with Crippen molar-refractivity contribution in [3.05, 3.63) is 41.7 Å². The number of hydrogen-bond acceptors (Lipinski definition) is 5. The van der Waals surface area contributed by atoms with E-state index in [4.69, 9.17) is 4.74 Å². The molecule has 0 atom stereocenters. The molecular formula is C16H21N3O2. The summed E-state index contributed by atoms with van der Waals surface area (Å²) in [5.41, 5.74) is 1.71. The zero-order chi connectivity index (χ0) is 15.1. The second-order valence-electron chi connectivity index (χ2n) is 4.65. The number of anilines is 1. The van der Waals surface area contributed by atoms with Crippen molar-refractivity contribution < 1.29 is 9.84 Å². The average Bonchev–Trinajstić information content (AvgIpc) is 2.51. The van der Waals surface area contributed by atoms with Crippen molar-refractivity contribution >= 4 is 5.82 Å². The fraction of sp³-hybridized carbons (Fsp3) is 0.375. The Kier molecular flexibility index (Phi) is 5.51. The van der Waals surface area contributed by atoms with Crippen LogP contribution in [-0.4, -0.2) is 21.6 Å². The highest BCUT2D eigenvalue weighted by Crippen LogP contribution is 2.30. The van der Waals surface area contributed by atoms with Crippen molar-refractivity contribution in [2.75, 3.05) is 11.9 Å². The largest absolute Gasteiger partial charge is 0.438 e. The number of rotatable bonds is 7. The monoisotopic (exact) mass is 287 g/mol. The standard InChI is InChI=1S/C16H21N3O2/c1-3-7-13-15(17-4-2)18-11-19-16(13)21-14-9-6-5-8-12(14)10-20/h5-6,8-9,11,20H,3-4,7,10H2,1-2H3,(H,17,18,19). The zero-order valence-corrected chi connectivity index (χ0v) is 12.5. The molecule has 2 aromatic rings. The molecule has 0 aliphatic heterocycles. The topological polar surface area (TPSA) is 67.3 Å². The molecule has 2 N–H and O–H groups in total. The summed E-state index contributed by atoms with van der Waals surface area (Å²) in [7, 11) is 0. The molecule has 5 heteroatoms. The van der Waals surface area contributed by atoms with Crippen LogP contribution in [0.3, 0.4) is 0 Å². The maximum Gasteiger partial charge on any atom is 0.227 e. The van der Waals surface area contributed by atoms with Crippen LogP contribution in [0.25, 0.3) is 0 Å². The van der Waals surface area contributed by atoms with E-state index in [1.807, 2.05) is 31.2 Å². The van der Waals surface area contributed by atoms with Crippen molar-refractivity contribution in [2.24, 2.45) is 0 Å². The van der Waals surface area contributed by atoms with E-state index in [0.29, 0.717) is 11.6 Å². The van der Waals surface area contributed by atoms with Crippen LogP contribution < -0.4 is 10.1 Å². The van der Waals surface area contributed by atoms with E-state index in [9.17, 15) is 5.11 Å². The van der Waals surface area contributed by atoms with Gasteiger partial charge in [0.15, 0.2) is 0 Å². The molecule has 112 valence electrons. The lowest BCUT2D eigenvalue weighted by atomic mass is 10.1. The van der Waals surface area contributed by atoms with Gasteiger partial charge in [-0.3, -0.25) is 0 Å². The summed E-state index contributed by atoms with van der Waals surface area (Å²) in [5, 5.41) is 12.6. The lowest BCUT2D eigenvalue weighted by Gasteiger charge is -2.14. The van der Waals surface area contributed by atoms with Crippen LogP contribution in [0.5, 0.6) is 11.6 Å². The van der Waals surface area contributed by atoms with E-state index in [-0.39, 0.29) is 6.61 Å². The third-order valence-corrected chi connectivity index (χ3v) is 3.10. The van der Waals surface area contributed by atoms with Gasteiger partial charge in [0.25, 0.3) is 0 Å². The fourth-order valence-electron chi connectivity index (χ4n) is 2.12. The maximum absolute atomic E-state index is 9.38. The highest BCUT2D eigenvalue weighted by atomic mass is 16.5. The fourth-order valence-corrected chi connectivity index (χ4v) is 2.12. The molecule has 0 aliphatic rings. The van der Waals surface area contributed by atoms with Gasteiger partial charge >= 0.3 is 0 Å². The molecule has 0 radical (unpaired) electrons. The number of hydrogen-bond donors (Lipinski definition) is 2. The molecule has 0 saturated heterocycles. The molecule has 1 heterocycles. The number of aromatic nitrogens is 2. The predicted octanol–water partition coefficient (Wildman–Crippen LogP) is 3.15. The van der Waals surface area contributed by atoms with Crippen LogP contribution in [0.2, 0.25) is 0 Å². The highest BCUT2D eigenvalue weighted by Gasteiger charge is 2.13. The second kappa shape index (κ2) is 7.59. The number of para-hydroxylation sites is 1. The first kappa shape index (κ1) is 15.3. The van der Waals surface area contributed by atoms with Crippen LogP contribution in [0.15, 0.2) is 30.6 Å². The first-order valence-electron chi connectivity index (χ1n) is 7.24. The second-order valence-corrected chi connectivity index (χ2v) is 4.65. The van der Waals surface area contributed by atoms with Gasteiger partial charge in [0, 0.05) is 12.1 Å². The highest BCUT2D eigenvalue weighted by molar-refractivity contribution is 5.50.